The van der Waals surface area contributed by atoms with Crippen LogP contribution in [-0.4, -0.2) is 12.8 Å². The molecular formula is C45H44BN2O. The summed E-state index contributed by atoms with van der Waals surface area (Å²) in [4.78, 5) is 2.77. The van der Waals surface area contributed by atoms with Gasteiger partial charge in [-0.1, -0.05) is 127 Å². The molecule has 5 aromatic carbocycles. The highest BCUT2D eigenvalue weighted by Gasteiger charge is 2.59. The Bertz CT molecular complexity index is 2410. The quantitative estimate of drug-likeness (QED) is 0.182. The molecule has 1 N–H and O–H groups in total. The van der Waals surface area contributed by atoms with Crippen molar-refractivity contribution in [1.82, 2.24) is 0 Å². The Morgan fingerprint density at radius 2 is 1.53 bits per heavy atom. The summed E-state index contributed by atoms with van der Waals surface area (Å²) in [5.41, 5.74) is 17.6. The van der Waals surface area contributed by atoms with Gasteiger partial charge in [-0.15, -0.1) is 0 Å². The number of nitrogens with one attached hydrogen (secondary N) is 1. The zero-order chi connectivity index (χ0) is 33.7. The van der Waals surface area contributed by atoms with Crippen LogP contribution in [0, 0.1) is 0 Å². The normalized spacial score (nSPS) is 22.9. The van der Waals surface area contributed by atoms with Crippen LogP contribution in [0.25, 0.3) is 33.1 Å². The molecule has 4 heteroatoms. The maximum absolute atomic E-state index is 6.82. The average Bonchev–Trinajstić information content (AvgIpc) is 3.54. The topological polar surface area (TPSA) is 28.4 Å². The van der Waals surface area contributed by atoms with Crippen molar-refractivity contribution in [2.45, 2.75) is 95.9 Å². The Kier molecular flexibility index (Phi) is 5.66. The van der Waals surface area contributed by atoms with Crippen LogP contribution in [0.2, 0.25) is 0 Å². The van der Waals surface area contributed by atoms with Crippen molar-refractivity contribution in [3.05, 3.63) is 107 Å². The highest BCUT2D eigenvalue weighted by atomic mass is 16.3. The smallest absolute Gasteiger partial charge is 0.197 e. The van der Waals surface area contributed by atoms with Gasteiger partial charge < -0.3 is 14.6 Å². The molecule has 243 valence electrons. The third-order valence-electron chi connectivity index (χ3n) is 13.2. The van der Waals surface area contributed by atoms with E-state index in [4.69, 9.17) is 4.42 Å². The summed E-state index contributed by atoms with van der Waals surface area (Å²) < 4.78 is 6.82. The van der Waals surface area contributed by atoms with Gasteiger partial charge in [0.15, 0.2) is 7.28 Å². The molecular weight excluding hydrogens is 595 g/mol. The molecule has 4 aliphatic rings. The van der Waals surface area contributed by atoms with E-state index < -0.39 is 0 Å². The summed E-state index contributed by atoms with van der Waals surface area (Å²) in [5.74, 6) is 0. The molecule has 1 aromatic heterocycles. The van der Waals surface area contributed by atoms with E-state index in [9.17, 15) is 0 Å². The van der Waals surface area contributed by atoms with Gasteiger partial charge in [0, 0.05) is 50.3 Å². The minimum Gasteiger partial charge on any atom is -0.456 e. The summed E-state index contributed by atoms with van der Waals surface area (Å²) in [5, 5.41) is 6.33. The summed E-state index contributed by atoms with van der Waals surface area (Å²) in [6.45, 7) is 16.9. The third-order valence-corrected chi connectivity index (χ3v) is 13.2. The number of nitrogens with zero attached hydrogens (tertiary/aromatic N) is 1. The van der Waals surface area contributed by atoms with Crippen LogP contribution in [0.1, 0.15) is 96.4 Å². The number of para-hydroxylation sites is 3. The van der Waals surface area contributed by atoms with Gasteiger partial charge in [-0.3, -0.25) is 0 Å². The second-order valence-corrected chi connectivity index (χ2v) is 17.2. The molecule has 0 spiro atoms. The highest BCUT2D eigenvalue weighted by Crippen LogP contribution is 2.62. The van der Waals surface area contributed by atoms with E-state index in [1.807, 2.05) is 0 Å². The van der Waals surface area contributed by atoms with E-state index in [-0.39, 0.29) is 21.8 Å². The lowest BCUT2D eigenvalue weighted by molar-refractivity contribution is 0.195. The zero-order valence-corrected chi connectivity index (χ0v) is 29.8. The molecule has 2 atom stereocenters. The largest absolute Gasteiger partial charge is 0.456 e. The predicted octanol–water partition coefficient (Wildman–Crippen LogP) is 10.6. The van der Waals surface area contributed by atoms with Crippen molar-refractivity contribution in [2.24, 2.45) is 0 Å². The van der Waals surface area contributed by atoms with Crippen molar-refractivity contribution < 1.29 is 4.42 Å². The maximum atomic E-state index is 6.82. The number of benzene rings is 5. The first-order valence-electron chi connectivity index (χ1n) is 18.2. The van der Waals surface area contributed by atoms with Crippen LogP contribution in [0.5, 0.6) is 0 Å². The van der Waals surface area contributed by atoms with Crippen molar-refractivity contribution in [3.8, 4) is 11.1 Å². The molecule has 1 saturated carbocycles. The van der Waals surface area contributed by atoms with E-state index >= 15 is 0 Å². The van der Waals surface area contributed by atoms with Crippen molar-refractivity contribution in [3.63, 3.8) is 0 Å². The Labute approximate surface area is 291 Å². The molecule has 1 fully saturated rings. The molecule has 0 amide bonds. The molecule has 10 rings (SSSR count). The van der Waals surface area contributed by atoms with Gasteiger partial charge in [-0.25, -0.2) is 0 Å². The van der Waals surface area contributed by atoms with Crippen molar-refractivity contribution >= 4 is 62.9 Å². The first-order valence-corrected chi connectivity index (χ1v) is 18.2. The fourth-order valence-electron chi connectivity index (χ4n) is 10.3. The number of rotatable bonds is 1. The Morgan fingerprint density at radius 3 is 2.37 bits per heavy atom. The number of hydrogen-bond acceptors (Lipinski definition) is 3. The van der Waals surface area contributed by atoms with Gasteiger partial charge in [0.25, 0.3) is 0 Å². The predicted molar refractivity (Wildman–Crippen MR) is 208 cm³/mol. The zero-order valence-electron chi connectivity index (χ0n) is 29.8. The van der Waals surface area contributed by atoms with E-state index in [1.54, 1.807) is 0 Å². The second kappa shape index (κ2) is 9.41. The molecule has 49 heavy (non-hydrogen) atoms. The molecule has 1 radical (unpaired) electrons. The van der Waals surface area contributed by atoms with Gasteiger partial charge in [0.2, 0.25) is 0 Å². The lowest BCUT2D eigenvalue weighted by Crippen LogP contribution is -2.57. The van der Waals surface area contributed by atoms with E-state index in [0.29, 0.717) is 0 Å². The second-order valence-electron chi connectivity index (χ2n) is 17.2. The SMILES string of the molecule is CC(C)(C)c1cc2c3c(c1)C1(C)CCCCC1(C)N3c1cc3oc4ccccc4c3c(-c3cccc4c3Nc3ccccc3C4(C)C)c1[B]2. The summed E-state index contributed by atoms with van der Waals surface area (Å²) in [7, 11) is 2.53. The molecule has 3 nitrogen and oxygen atoms in total. The molecule has 3 aliphatic heterocycles. The summed E-state index contributed by atoms with van der Waals surface area (Å²) in [6, 6.07) is 31.8. The lowest BCUT2D eigenvalue weighted by Gasteiger charge is -2.51. The third kappa shape index (κ3) is 3.65. The monoisotopic (exact) mass is 639 g/mol. The van der Waals surface area contributed by atoms with Crippen LogP contribution in [0.3, 0.4) is 0 Å². The maximum Gasteiger partial charge on any atom is 0.197 e. The summed E-state index contributed by atoms with van der Waals surface area (Å²) >= 11 is 0. The molecule has 1 aliphatic carbocycles. The fourth-order valence-corrected chi connectivity index (χ4v) is 10.3. The number of hydrogen-bond donors (Lipinski definition) is 1. The molecule has 4 heterocycles. The van der Waals surface area contributed by atoms with E-state index in [0.717, 1.165) is 11.2 Å². The first-order chi connectivity index (χ1) is 23.4. The van der Waals surface area contributed by atoms with Crippen LogP contribution >= 0.6 is 0 Å². The Hall–Kier alpha value is -4.44. The Balaban J connectivity index is 1.34. The van der Waals surface area contributed by atoms with Gasteiger partial charge in [0.1, 0.15) is 11.2 Å². The Morgan fingerprint density at radius 1 is 0.776 bits per heavy atom. The molecule has 6 aromatic rings. The highest BCUT2D eigenvalue weighted by molar-refractivity contribution is 6.74. The number of furan rings is 1. The minimum absolute atomic E-state index is 0.0451. The van der Waals surface area contributed by atoms with Crippen molar-refractivity contribution in [1.29, 1.82) is 0 Å². The summed E-state index contributed by atoms with van der Waals surface area (Å²) in [6.07, 6.45) is 4.90. The van der Waals surface area contributed by atoms with Gasteiger partial charge in [-0.05, 0) is 70.6 Å². The first kappa shape index (κ1) is 29.5. The van der Waals surface area contributed by atoms with Crippen molar-refractivity contribution in [2.75, 3.05) is 10.2 Å². The minimum atomic E-state index is -0.154. The number of fused-ring (bicyclic) bond motifs is 10. The van der Waals surface area contributed by atoms with Crippen LogP contribution in [-0.2, 0) is 16.2 Å². The standard InChI is InChI=1S/C45H44BN2O/c1-42(2,3)26-23-31-41-32(24-26)46-39-34(48(41)45(7)22-13-12-21-44(31,45)6)25-36-37(27-15-8-11-20-35(27)49-36)38(39)28-16-14-18-30-40(28)47-33-19-10-9-17-29(33)43(30,4)5/h8-11,14-20,23-25,47H,12-13,21-22H2,1-7H3. The molecule has 0 saturated heterocycles. The van der Waals surface area contributed by atoms with E-state index in [2.05, 4.69) is 151 Å². The van der Waals surface area contributed by atoms with Crippen LogP contribution in [0.15, 0.2) is 89.3 Å². The van der Waals surface area contributed by atoms with Gasteiger partial charge in [-0.2, -0.15) is 0 Å². The van der Waals surface area contributed by atoms with Gasteiger partial charge in [0.05, 0.1) is 11.2 Å². The lowest BCUT2D eigenvalue weighted by atomic mass is 9.56. The van der Waals surface area contributed by atoms with Gasteiger partial charge >= 0.3 is 0 Å². The average molecular weight is 640 g/mol. The number of anilines is 4. The van der Waals surface area contributed by atoms with E-state index in [1.165, 1.54) is 104 Å². The fraction of sp³-hybridized carbons (Fsp3) is 0.333. The molecule has 2 unspecified atom stereocenters. The van der Waals surface area contributed by atoms with Crippen LogP contribution in [0.4, 0.5) is 22.7 Å². The van der Waals surface area contributed by atoms with Crippen LogP contribution < -0.4 is 21.1 Å². The molecule has 0 bridgehead atoms.